The van der Waals surface area contributed by atoms with Gasteiger partial charge in [-0.2, -0.15) is 0 Å². The summed E-state index contributed by atoms with van der Waals surface area (Å²) in [4.78, 5) is 33.9. The van der Waals surface area contributed by atoms with Crippen LogP contribution in [0.1, 0.15) is 31.0 Å². The number of hydrogen-bond donors (Lipinski definition) is 4. The van der Waals surface area contributed by atoms with Gasteiger partial charge in [0.05, 0.1) is 34.6 Å². The Kier molecular flexibility index (Phi) is 10.4. The summed E-state index contributed by atoms with van der Waals surface area (Å²) in [6.45, 7) is 3.68. The van der Waals surface area contributed by atoms with Crippen molar-refractivity contribution < 1.29 is 14.6 Å². The van der Waals surface area contributed by atoms with E-state index < -0.39 is 6.10 Å². The molecule has 12 heteroatoms. The average molecular weight is 688 g/mol. The third kappa shape index (κ3) is 7.38. The molecule has 1 saturated heterocycles. The van der Waals surface area contributed by atoms with Gasteiger partial charge in [0, 0.05) is 84.3 Å². The molecule has 6 rings (SSSR count). The molecule has 1 aliphatic heterocycles. The Bertz CT molecular complexity index is 2030. The molecule has 48 heavy (non-hydrogen) atoms. The number of carbonyl (C=O) groups excluding carboxylic acids is 1. The minimum absolute atomic E-state index is 0.0917. The Balaban J connectivity index is 1.26. The van der Waals surface area contributed by atoms with E-state index in [-0.39, 0.29) is 17.5 Å². The van der Waals surface area contributed by atoms with Crippen LogP contribution in [-0.2, 0) is 17.9 Å². The van der Waals surface area contributed by atoms with Crippen LogP contribution in [0.5, 0.6) is 5.88 Å². The van der Waals surface area contributed by atoms with Gasteiger partial charge in [0.2, 0.25) is 11.8 Å². The number of fused-ring (bicyclic) bond motifs is 1. The van der Waals surface area contributed by atoms with E-state index in [9.17, 15) is 14.7 Å². The Morgan fingerprint density at radius 1 is 0.958 bits per heavy atom. The fraction of sp³-hybridized carbons (Fsp3) is 0.278. The first-order valence-electron chi connectivity index (χ1n) is 15.7. The third-order valence-electron chi connectivity index (χ3n) is 8.26. The highest BCUT2D eigenvalue weighted by atomic mass is 35.5. The van der Waals surface area contributed by atoms with Crippen molar-refractivity contribution in [3.8, 4) is 39.4 Å². The smallest absolute Gasteiger partial charge is 0.258 e. The Labute approximate surface area is 288 Å². The van der Waals surface area contributed by atoms with Crippen LogP contribution < -0.4 is 26.2 Å². The molecule has 248 valence electrons. The van der Waals surface area contributed by atoms with Gasteiger partial charge in [-0.3, -0.25) is 14.0 Å². The fourth-order valence-electron chi connectivity index (χ4n) is 5.85. The molecular formula is C36H36Cl2N6O4. The van der Waals surface area contributed by atoms with Crippen LogP contribution in [0, 0.1) is 0 Å². The van der Waals surface area contributed by atoms with Gasteiger partial charge in [-0.05, 0) is 31.5 Å². The van der Waals surface area contributed by atoms with E-state index >= 15 is 0 Å². The number of ether oxygens (including phenoxy) is 1. The maximum atomic E-state index is 13.0. The molecule has 1 unspecified atom stereocenters. The summed E-state index contributed by atoms with van der Waals surface area (Å²) >= 11 is 14.1. The van der Waals surface area contributed by atoms with Gasteiger partial charge in [-0.1, -0.05) is 65.7 Å². The maximum absolute atomic E-state index is 13.0. The van der Waals surface area contributed by atoms with Crippen molar-refractivity contribution in [2.45, 2.75) is 45.0 Å². The molecule has 0 bridgehead atoms. The topological polar surface area (TPSA) is 130 Å². The summed E-state index contributed by atoms with van der Waals surface area (Å²) in [5, 5.41) is 19.9. The molecule has 5 aromatic rings. The van der Waals surface area contributed by atoms with Gasteiger partial charge >= 0.3 is 0 Å². The highest BCUT2D eigenvalue weighted by molar-refractivity contribution is 6.39. The van der Waals surface area contributed by atoms with Gasteiger partial charge in [0.15, 0.2) is 0 Å². The number of carbonyl (C=O) groups is 1. The molecular weight excluding hydrogens is 651 g/mol. The number of nitrogens with one attached hydrogen (secondary N) is 3. The zero-order chi connectivity index (χ0) is 33.8. The number of aliphatic hydroxyl groups is 1. The summed E-state index contributed by atoms with van der Waals surface area (Å²) < 4.78 is 7.13. The molecule has 0 radical (unpaired) electrons. The first-order valence-corrected chi connectivity index (χ1v) is 16.5. The van der Waals surface area contributed by atoms with Gasteiger partial charge in [-0.25, -0.2) is 9.97 Å². The Hall–Kier alpha value is -4.32. The second kappa shape index (κ2) is 14.8. The molecule has 0 saturated carbocycles. The number of rotatable bonds is 12. The van der Waals surface area contributed by atoms with Crippen molar-refractivity contribution in [3.05, 3.63) is 105 Å². The van der Waals surface area contributed by atoms with Crippen LogP contribution >= 0.6 is 23.2 Å². The van der Waals surface area contributed by atoms with Crippen molar-refractivity contribution >= 4 is 34.8 Å². The molecule has 0 spiro atoms. The van der Waals surface area contributed by atoms with Crippen molar-refractivity contribution in [3.63, 3.8) is 0 Å². The van der Waals surface area contributed by atoms with E-state index in [1.165, 1.54) is 10.5 Å². The normalized spacial score (nSPS) is 15.1. The van der Waals surface area contributed by atoms with E-state index in [4.69, 9.17) is 32.9 Å². The number of hydrogen-bond acceptors (Lipinski definition) is 8. The molecule has 1 aliphatic rings. The molecule has 10 nitrogen and oxygen atoms in total. The number of benzene rings is 2. The first kappa shape index (κ1) is 33.6. The number of pyridine rings is 2. The molecule has 1 amide bonds. The average Bonchev–Trinajstić information content (AvgIpc) is 3.49. The lowest BCUT2D eigenvalue weighted by molar-refractivity contribution is -0.119. The lowest BCUT2D eigenvalue weighted by Gasteiger charge is -2.16. The van der Waals surface area contributed by atoms with Crippen LogP contribution in [0.15, 0.2) is 77.7 Å². The van der Waals surface area contributed by atoms with Crippen LogP contribution in [-0.4, -0.2) is 57.7 Å². The second-order valence-corrected chi connectivity index (χ2v) is 12.6. The van der Waals surface area contributed by atoms with Crippen LogP contribution in [0.25, 0.3) is 39.2 Å². The Morgan fingerprint density at radius 2 is 1.69 bits per heavy atom. The van der Waals surface area contributed by atoms with Crippen LogP contribution in [0.3, 0.4) is 0 Å². The summed E-state index contributed by atoms with van der Waals surface area (Å²) in [7, 11) is 1.59. The van der Waals surface area contributed by atoms with Crippen molar-refractivity contribution in [1.82, 2.24) is 30.3 Å². The van der Waals surface area contributed by atoms with Crippen molar-refractivity contribution in [2.24, 2.45) is 0 Å². The Morgan fingerprint density at radius 3 is 2.40 bits per heavy atom. The van der Waals surface area contributed by atoms with E-state index in [1.54, 1.807) is 26.3 Å². The minimum atomic E-state index is -0.494. The van der Waals surface area contributed by atoms with Crippen molar-refractivity contribution in [2.75, 3.05) is 20.2 Å². The summed E-state index contributed by atoms with van der Waals surface area (Å²) in [5.41, 5.74) is 6.11. The molecule has 2 atom stereocenters. The highest BCUT2D eigenvalue weighted by Crippen LogP contribution is 2.42. The number of aliphatic hydroxyl groups excluding tert-OH is 1. The predicted octanol–water partition coefficient (Wildman–Crippen LogP) is 5.24. The predicted molar refractivity (Wildman–Crippen MR) is 188 cm³/mol. The number of aromatic nitrogens is 3. The molecule has 2 aromatic carbocycles. The van der Waals surface area contributed by atoms with Gasteiger partial charge in [0.25, 0.3) is 5.56 Å². The number of halogens is 2. The molecule has 4 N–H and O–H groups in total. The lowest BCUT2D eigenvalue weighted by atomic mass is 9.97. The van der Waals surface area contributed by atoms with Gasteiger partial charge < -0.3 is 25.8 Å². The van der Waals surface area contributed by atoms with Crippen molar-refractivity contribution in [1.29, 1.82) is 0 Å². The highest BCUT2D eigenvalue weighted by Gasteiger charge is 2.21. The van der Waals surface area contributed by atoms with E-state index in [1.807, 2.05) is 54.6 Å². The van der Waals surface area contributed by atoms with Gasteiger partial charge in [0.1, 0.15) is 5.65 Å². The first-order chi connectivity index (χ1) is 23.2. The number of methoxy groups -OCH3 is 1. The second-order valence-electron chi connectivity index (χ2n) is 11.8. The number of amides is 1. The standard InChI is InChI=1S/C36H36Cl2N6O4/c1-21(45)16-39-19-25-15-33(47)44-20-23(10-13-31(44)41-25)26-5-3-6-27(34(26)37)28-7-4-8-29(35(28)38)30-12-9-22(36(43-30)48-2)17-40-18-24-11-14-32(46)42-24/h3-10,12-13,15,20-21,24,39-40,45H,11,14,16-19H2,1-2H3,(H,42,46)/t21?,24-/m1/s1. The van der Waals surface area contributed by atoms with Crippen LogP contribution in [0.4, 0.5) is 0 Å². The molecule has 3 aromatic heterocycles. The quantitative estimate of drug-likeness (QED) is 0.140. The maximum Gasteiger partial charge on any atom is 0.258 e. The van der Waals surface area contributed by atoms with E-state index in [0.717, 1.165) is 39.8 Å². The minimum Gasteiger partial charge on any atom is -0.481 e. The zero-order valence-electron chi connectivity index (χ0n) is 26.6. The van der Waals surface area contributed by atoms with E-state index in [0.29, 0.717) is 65.6 Å². The molecule has 0 aliphatic carbocycles. The van der Waals surface area contributed by atoms with Gasteiger partial charge in [-0.15, -0.1) is 0 Å². The third-order valence-corrected chi connectivity index (χ3v) is 9.07. The zero-order valence-corrected chi connectivity index (χ0v) is 28.1. The lowest BCUT2D eigenvalue weighted by Crippen LogP contribution is -2.35. The summed E-state index contributed by atoms with van der Waals surface area (Å²) in [5.74, 6) is 0.579. The largest absolute Gasteiger partial charge is 0.481 e. The monoisotopic (exact) mass is 686 g/mol. The van der Waals surface area contributed by atoms with E-state index in [2.05, 4.69) is 20.9 Å². The summed E-state index contributed by atoms with van der Waals surface area (Å²) in [6, 6.07) is 20.6. The number of nitrogens with zero attached hydrogens (tertiary/aromatic N) is 3. The SMILES string of the molecule is COc1nc(-c2cccc(-c3cccc(-c4ccc5nc(CNCC(C)O)cc(=O)n5c4)c3Cl)c2Cl)ccc1CNC[C@H]1CCC(=O)N1. The molecule has 1 fully saturated rings. The summed E-state index contributed by atoms with van der Waals surface area (Å²) in [6.07, 6.45) is 2.63. The van der Waals surface area contributed by atoms with Crippen LogP contribution in [0.2, 0.25) is 10.0 Å². The fourth-order valence-corrected chi connectivity index (χ4v) is 6.52. The molecule has 4 heterocycles.